The van der Waals surface area contributed by atoms with Gasteiger partial charge in [0, 0.05) is 6.26 Å². The molecule has 1 aromatic carbocycles. The van der Waals surface area contributed by atoms with Crippen molar-refractivity contribution in [2.45, 2.75) is 30.6 Å². The summed E-state index contributed by atoms with van der Waals surface area (Å²) in [5.41, 5.74) is -0.521. The molecule has 0 bridgehead atoms. The first-order valence-corrected chi connectivity index (χ1v) is 9.82. The number of esters is 1. The lowest BCUT2D eigenvalue weighted by atomic mass is 9.99. The van der Waals surface area contributed by atoms with Crippen molar-refractivity contribution in [3.8, 4) is 0 Å². The largest absolute Gasteiger partial charge is 0.461 e. The molecule has 1 heterocycles. The SMILES string of the molecule is CCOC(=O)c1nocc1C(=O)c1cc(C2CC2)c(S(C)(=O)=O)cc1F. The molecule has 2 aromatic rings. The van der Waals surface area contributed by atoms with Gasteiger partial charge in [-0.2, -0.15) is 0 Å². The Morgan fingerprint density at radius 2 is 2.00 bits per heavy atom. The maximum absolute atomic E-state index is 14.5. The Hall–Kier alpha value is -2.55. The lowest BCUT2D eigenvalue weighted by molar-refractivity contribution is 0.0512. The Morgan fingerprint density at radius 1 is 1.31 bits per heavy atom. The number of aromatic nitrogens is 1. The van der Waals surface area contributed by atoms with Crippen molar-refractivity contribution in [1.29, 1.82) is 0 Å². The van der Waals surface area contributed by atoms with Gasteiger partial charge in [0.2, 0.25) is 11.5 Å². The van der Waals surface area contributed by atoms with Crippen molar-refractivity contribution in [3.63, 3.8) is 0 Å². The zero-order valence-electron chi connectivity index (χ0n) is 14.1. The normalized spacial score (nSPS) is 14.3. The van der Waals surface area contributed by atoms with Crippen LogP contribution < -0.4 is 0 Å². The van der Waals surface area contributed by atoms with Gasteiger partial charge in [-0.25, -0.2) is 17.6 Å². The summed E-state index contributed by atoms with van der Waals surface area (Å²) in [6, 6.07) is 2.10. The standard InChI is InChI=1S/C17H16FNO6S/c1-3-24-17(21)15-12(8-25-19-15)16(20)11-6-10(9-4-5-9)14(7-13(11)18)26(2,22)23/h6-9H,3-5H2,1-2H3. The fourth-order valence-electron chi connectivity index (χ4n) is 2.67. The average molecular weight is 381 g/mol. The fourth-order valence-corrected chi connectivity index (χ4v) is 3.64. The smallest absolute Gasteiger partial charge is 0.361 e. The van der Waals surface area contributed by atoms with Crippen molar-refractivity contribution >= 4 is 21.6 Å². The Morgan fingerprint density at radius 3 is 2.58 bits per heavy atom. The Labute approximate surface area is 149 Å². The summed E-state index contributed by atoms with van der Waals surface area (Å²) in [5.74, 6) is -2.70. The third-order valence-electron chi connectivity index (χ3n) is 4.04. The summed E-state index contributed by atoms with van der Waals surface area (Å²) in [4.78, 5) is 24.4. The maximum atomic E-state index is 14.5. The van der Waals surface area contributed by atoms with E-state index in [1.54, 1.807) is 6.92 Å². The van der Waals surface area contributed by atoms with Crippen LogP contribution in [0.2, 0.25) is 0 Å². The molecule has 0 N–H and O–H groups in total. The van der Waals surface area contributed by atoms with Gasteiger partial charge in [-0.3, -0.25) is 4.79 Å². The molecular formula is C17H16FNO6S. The molecule has 0 amide bonds. The first kappa shape index (κ1) is 18.2. The Bertz CT molecular complexity index is 991. The molecule has 1 aromatic heterocycles. The molecule has 9 heteroatoms. The molecule has 7 nitrogen and oxygen atoms in total. The number of hydrogen-bond acceptors (Lipinski definition) is 7. The number of carbonyl (C=O) groups is 2. The van der Waals surface area contributed by atoms with Gasteiger partial charge < -0.3 is 9.26 Å². The summed E-state index contributed by atoms with van der Waals surface area (Å²) in [7, 11) is -3.64. The van der Waals surface area contributed by atoms with Crippen LogP contribution in [-0.2, 0) is 14.6 Å². The molecule has 26 heavy (non-hydrogen) atoms. The van der Waals surface area contributed by atoms with Gasteiger partial charge in [0.1, 0.15) is 12.1 Å². The van der Waals surface area contributed by atoms with Gasteiger partial charge in [0.05, 0.1) is 22.6 Å². The van der Waals surface area contributed by atoms with Gasteiger partial charge in [-0.1, -0.05) is 5.16 Å². The van der Waals surface area contributed by atoms with E-state index in [-0.39, 0.29) is 34.2 Å². The highest BCUT2D eigenvalue weighted by Gasteiger charge is 2.33. The Kier molecular flexibility index (Phi) is 4.66. The minimum atomic E-state index is -3.64. The van der Waals surface area contributed by atoms with Crippen LogP contribution in [-0.4, -0.2) is 38.2 Å². The minimum absolute atomic E-state index is 0.0288. The number of rotatable bonds is 6. The molecule has 3 rings (SSSR count). The number of ketones is 1. The number of benzene rings is 1. The van der Waals surface area contributed by atoms with Crippen LogP contribution in [0.4, 0.5) is 4.39 Å². The lowest BCUT2D eigenvalue weighted by Crippen LogP contribution is -2.14. The van der Waals surface area contributed by atoms with Gasteiger partial charge >= 0.3 is 5.97 Å². The molecule has 0 atom stereocenters. The van der Waals surface area contributed by atoms with Crippen LogP contribution in [0.5, 0.6) is 0 Å². The third kappa shape index (κ3) is 3.39. The highest BCUT2D eigenvalue weighted by Crippen LogP contribution is 2.43. The molecule has 0 radical (unpaired) electrons. The zero-order valence-corrected chi connectivity index (χ0v) is 14.9. The van der Waals surface area contributed by atoms with E-state index in [0.29, 0.717) is 5.56 Å². The van der Waals surface area contributed by atoms with Crippen LogP contribution in [0.3, 0.4) is 0 Å². The van der Waals surface area contributed by atoms with E-state index in [4.69, 9.17) is 4.74 Å². The van der Waals surface area contributed by atoms with Crippen LogP contribution in [0.25, 0.3) is 0 Å². The quantitative estimate of drug-likeness (QED) is 0.559. The van der Waals surface area contributed by atoms with Crippen molar-refractivity contribution in [2.75, 3.05) is 12.9 Å². The molecule has 1 aliphatic carbocycles. The second-order valence-corrected chi connectivity index (χ2v) is 8.03. The summed E-state index contributed by atoms with van der Waals surface area (Å²) in [6.07, 6.45) is 3.47. The van der Waals surface area contributed by atoms with E-state index < -0.39 is 27.4 Å². The maximum Gasteiger partial charge on any atom is 0.361 e. The van der Waals surface area contributed by atoms with Gasteiger partial charge in [-0.05, 0) is 43.4 Å². The van der Waals surface area contributed by atoms with Crippen LogP contribution in [0, 0.1) is 5.82 Å². The third-order valence-corrected chi connectivity index (χ3v) is 5.20. The highest BCUT2D eigenvalue weighted by atomic mass is 32.2. The van der Waals surface area contributed by atoms with Crippen LogP contribution in [0.15, 0.2) is 27.8 Å². The molecule has 138 valence electrons. The summed E-state index contributed by atoms with van der Waals surface area (Å²) in [6.45, 7) is 1.66. The molecule has 1 fully saturated rings. The van der Waals surface area contributed by atoms with Gasteiger partial charge in [-0.15, -0.1) is 0 Å². The number of halogens is 1. The molecule has 0 unspecified atom stereocenters. The van der Waals surface area contributed by atoms with Crippen molar-refractivity contribution in [2.24, 2.45) is 0 Å². The van der Waals surface area contributed by atoms with Crippen molar-refractivity contribution < 1.29 is 31.7 Å². The summed E-state index contributed by atoms with van der Waals surface area (Å²) in [5, 5.41) is 3.45. The topological polar surface area (TPSA) is 104 Å². The first-order valence-electron chi connectivity index (χ1n) is 7.93. The number of nitrogens with zero attached hydrogens (tertiary/aromatic N) is 1. The molecule has 0 saturated heterocycles. The van der Waals surface area contributed by atoms with E-state index in [2.05, 4.69) is 9.68 Å². The predicted molar refractivity (Wildman–Crippen MR) is 87.4 cm³/mol. The van der Waals surface area contributed by atoms with E-state index in [0.717, 1.165) is 31.4 Å². The number of ether oxygens (including phenoxy) is 1. The first-order chi connectivity index (χ1) is 12.2. The van der Waals surface area contributed by atoms with Gasteiger partial charge in [0.25, 0.3) is 0 Å². The summed E-state index contributed by atoms with van der Waals surface area (Å²) < 4.78 is 47.8. The van der Waals surface area contributed by atoms with E-state index in [1.165, 1.54) is 6.07 Å². The highest BCUT2D eigenvalue weighted by molar-refractivity contribution is 7.90. The van der Waals surface area contributed by atoms with Crippen molar-refractivity contribution in [1.82, 2.24) is 5.16 Å². The predicted octanol–water partition coefficient (Wildman–Crippen LogP) is 2.50. The average Bonchev–Trinajstić information content (AvgIpc) is 3.29. The zero-order chi connectivity index (χ0) is 19.1. The van der Waals surface area contributed by atoms with E-state index >= 15 is 0 Å². The van der Waals surface area contributed by atoms with Gasteiger partial charge in [0.15, 0.2) is 9.84 Å². The minimum Gasteiger partial charge on any atom is -0.461 e. The molecular weight excluding hydrogens is 365 g/mol. The Balaban J connectivity index is 2.08. The second-order valence-electron chi connectivity index (χ2n) is 6.04. The van der Waals surface area contributed by atoms with E-state index in [1.807, 2.05) is 0 Å². The number of sulfone groups is 1. The molecule has 1 saturated carbocycles. The summed E-state index contributed by atoms with van der Waals surface area (Å²) >= 11 is 0. The van der Waals surface area contributed by atoms with Crippen molar-refractivity contribution in [3.05, 3.63) is 46.6 Å². The van der Waals surface area contributed by atoms with E-state index in [9.17, 15) is 22.4 Å². The fraction of sp³-hybridized carbons (Fsp3) is 0.353. The number of hydrogen-bond donors (Lipinski definition) is 0. The molecule has 1 aliphatic rings. The molecule has 0 spiro atoms. The second kappa shape index (κ2) is 6.64. The molecule has 0 aliphatic heterocycles. The number of carbonyl (C=O) groups excluding carboxylic acids is 2. The lowest BCUT2D eigenvalue weighted by Gasteiger charge is -2.10. The van der Waals surface area contributed by atoms with Crippen LogP contribution >= 0.6 is 0 Å². The van der Waals surface area contributed by atoms with Crippen LogP contribution in [0.1, 0.15) is 57.7 Å². The monoisotopic (exact) mass is 381 g/mol.